The fourth-order valence-electron chi connectivity index (χ4n) is 3.24. The van der Waals surface area contributed by atoms with E-state index < -0.39 is 0 Å². The Kier molecular flexibility index (Phi) is 3.42. The Morgan fingerprint density at radius 1 is 1.37 bits per heavy atom. The molecular weight excluding hydrogens is 240 g/mol. The summed E-state index contributed by atoms with van der Waals surface area (Å²) < 4.78 is 5.38. The highest BCUT2D eigenvalue weighted by molar-refractivity contribution is 5.67. The van der Waals surface area contributed by atoms with Gasteiger partial charge in [-0.1, -0.05) is 30.3 Å². The van der Waals surface area contributed by atoms with Gasteiger partial charge in [0.1, 0.15) is 6.61 Å². The second-order valence-corrected chi connectivity index (χ2v) is 5.56. The zero-order valence-electron chi connectivity index (χ0n) is 11.2. The van der Waals surface area contributed by atoms with Gasteiger partial charge in [0.2, 0.25) is 0 Å². The average Bonchev–Trinajstić information content (AvgIpc) is 3.07. The van der Waals surface area contributed by atoms with Gasteiger partial charge >= 0.3 is 6.09 Å². The summed E-state index contributed by atoms with van der Waals surface area (Å²) in [5.41, 5.74) is 1.03. The lowest BCUT2D eigenvalue weighted by atomic mass is 10.0. The highest BCUT2D eigenvalue weighted by Crippen LogP contribution is 2.34. The van der Waals surface area contributed by atoms with E-state index in [1.807, 2.05) is 37.4 Å². The molecule has 0 aromatic heterocycles. The summed E-state index contributed by atoms with van der Waals surface area (Å²) in [6.45, 7) is 1.38. The molecule has 1 N–H and O–H groups in total. The van der Waals surface area contributed by atoms with Crippen molar-refractivity contribution in [2.75, 3.05) is 13.6 Å². The van der Waals surface area contributed by atoms with E-state index in [0.717, 1.165) is 18.5 Å². The van der Waals surface area contributed by atoms with Gasteiger partial charge in [0.15, 0.2) is 0 Å². The van der Waals surface area contributed by atoms with Crippen molar-refractivity contribution in [1.82, 2.24) is 10.2 Å². The van der Waals surface area contributed by atoms with Crippen LogP contribution in [0.25, 0.3) is 0 Å². The zero-order chi connectivity index (χ0) is 13.2. The van der Waals surface area contributed by atoms with Crippen LogP contribution in [0.2, 0.25) is 0 Å². The van der Waals surface area contributed by atoms with Crippen LogP contribution in [0, 0.1) is 5.92 Å². The molecule has 0 radical (unpaired) electrons. The third-order valence-electron chi connectivity index (χ3n) is 4.32. The van der Waals surface area contributed by atoms with Gasteiger partial charge in [0.05, 0.1) is 0 Å². The van der Waals surface area contributed by atoms with Crippen molar-refractivity contribution in [1.29, 1.82) is 0 Å². The molecule has 0 unspecified atom stereocenters. The van der Waals surface area contributed by atoms with Crippen molar-refractivity contribution < 1.29 is 9.53 Å². The molecule has 4 heteroatoms. The smallest absolute Gasteiger partial charge is 0.410 e. The second kappa shape index (κ2) is 5.21. The number of carbonyl (C=O) groups excluding carboxylic acids is 1. The summed E-state index contributed by atoms with van der Waals surface area (Å²) in [7, 11) is 1.86. The van der Waals surface area contributed by atoms with Gasteiger partial charge in [-0.3, -0.25) is 0 Å². The standard InChI is InChI=1S/C15H20N2O2/c1-17(14-8-13-7-12(14)9-16-13)15(18)19-10-11-5-3-2-4-6-11/h2-6,12-14,16H,7-10H2,1H3/t12-,13-,14+/m0/s1. The molecule has 2 bridgehead atoms. The fraction of sp³-hybridized carbons (Fsp3) is 0.533. The van der Waals surface area contributed by atoms with E-state index in [1.54, 1.807) is 4.90 Å². The van der Waals surface area contributed by atoms with E-state index in [9.17, 15) is 4.79 Å². The predicted molar refractivity (Wildman–Crippen MR) is 72.7 cm³/mol. The van der Waals surface area contributed by atoms with Crippen LogP contribution in [0.15, 0.2) is 30.3 Å². The first-order chi connectivity index (χ1) is 9.24. The van der Waals surface area contributed by atoms with Crippen molar-refractivity contribution in [3.05, 3.63) is 35.9 Å². The molecule has 1 heterocycles. The summed E-state index contributed by atoms with van der Waals surface area (Å²) in [5.74, 6) is 0.597. The maximum atomic E-state index is 12.1. The number of benzene rings is 1. The van der Waals surface area contributed by atoms with Crippen molar-refractivity contribution in [2.24, 2.45) is 5.92 Å². The third kappa shape index (κ3) is 2.59. The minimum atomic E-state index is -0.207. The van der Waals surface area contributed by atoms with E-state index in [1.165, 1.54) is 6.42 Å². The molecule has 2 aliphatic rings. The zero-order valence-corrected chi connectivity index (χ0v) is 11.2. The largest absolute Gasteiger partial charge is 0.445 e. The number of fused-ring (bicyclic) bond motifs is 2. The third-order valence-corrected chi connectivity index (χ3v) is 4.32. The lowest BCUT2D eigenvalue weighted by molar-refractivity contribution is 0.0814. The van der Waals surface area contributed by atoms with Crippen molar-refractivity contribution in [3.63, 3.8) is 0 Å². The number of nitrogens with zero attached hydrogens (tertiary/aromatic N) is 1. The van der Waals surface area contributed by atoms with Crippen LogP contribution in [-0.4, -0.2) is 36.7 Å². The molecule has 3 atom stereocenters. The van der Waals surface area contributed by atoms with Gasteiger partial charge in [-0.25, -0.2) is 4.79 Å². The minimum Gasteiger partial charge on any atom is -0.445 e. The molecule has 1 aliphatic carbocycles. The van der Waals surface area contributed by atoms with Gasteiger partial charge in [-0.2, -0.15) is 0 Å². The summed E-state index contributed by atoms with van der Waals surface area (Å²) >= 11 is 0. The lowest BCUT2D eigenvalue weighted by Gasteiger charge is -2.31. The first kappa shape index (κ1) is 12.5. The Morgan fingerprint density at radius 3 is 2.79 bits per heavy atom. The van der Waals surface area contributed by atoms with E-state index in [-0.39, 0.29) is 6.09 Å². The minimum absolute atomic E-state index is 0.207. The molecule has 1 aromatic rings. The topological polar surface area (TPSA) is 41.6 Å². The Bertz CT molecular complexity index is 449. The summed E-state index contributed by atoms with van der Waals surface area (Å²) in [6, 6.07) is 10.7. The van der Waals surface area contributed by atoms with Gasteiger partial charge in [-0.15, -0.1) is 0 Å². The molecule has 0 spiro atoms. The molecule has 19 heavy (non-hydrogen) atoms. The summed E-state index contributed by atoms with van der Waals surface area (Å²) in [4.78, 5) is 13.8. The highest BCUT2D eigenvalue weighted by atomic mass is 16.6. The average molecular weight is 260 g/mol. The number of nitrogens with one attached hydrogen (secondary N) is 1. The molecule has 1 amide bonds. The van der Waals surface area contributed by atoms with Crippen LogP contribution in [0.4, 0.5) is 4.79 Å². The molecule has 102 valence electrons. The number of carbonyl (C=O) groups is 1. The highest BCUT2D eigenvalue weighted by Gasteiger charge is 2.42. The van der Waals surface area contributed by atoms with E-state index in [4.69, 9.17) is 4.74 Å². The first-order valence-corrected chi connectivity index (χ1v) is 6.91. The maximum Gasteiger partial charge on any atom is 0.410 e. The number of hydrogen-bond acceptors (Lipinski definition) is 3. The van der Waals surface area contributed by atoms with E-state index in [0.29, 0.717) is 24.6 Å². The Labute approximate surface area is 113 Å². The second-order valence-electron chi connectivity index (χ2n) is 5.56. The molecule has 2 fully saturated rings. The first-order valence-electron chi connectivity index (χ1n) is 6.91. The number of amides is 1. The van der Waals surface area contributed by atoms with Crippen LogP contribution < -0.4 is 5.32 Å². The van der Waals surface area contributed by atoms with Crippen LogP contribution >= 0.6 is 0 Å². The van der Waals surface area contributed by atoms with Crippen LogP contribution in [0.1, 0.15) is 18.4 Å². The molecule has 1 aromatic carbocycles. The predicted octanol–water partition coefficient (Wildman–Crippen LogP) is 2.01. The molecule has 1 aliphatic heterocycles. The molecule has 1 saturated carbocycles. The summed E-state index contributed by atoms with van der Waals surface area (Å²) in [6.07, 6.45) is 2.05. The monoisotopic (exact) mass is 260 g/mol. The van der Waals surface area contributed by atoms with Gasteiger partial charge < -0.3 is 15.0 Å². The fourth-order valence-corrected chi connectivity index (χ4v) is 3.24. The van der Waals surface area contributed by atoms with E-state index in [2.05, 4.69) is 5.32 Å². The number of ether oxygens (including phenoxy) is 1. The summed E-state index contributed by atoms with van der Waals surface area (Å²) in [5, 5.41) is 3.46. The van der Waals surface area contributed by atoms with Crippen LogP contribution in [-0.2, 0) is 11.3 Å². The molecule has 3 rings (SSSR count). The van der Waals surface area contributed by atoms with Gasteiger partial charge in [-0.05, 0) is 24.3 Å². The molecular formula is C15H20N2O2. The molecule has 4 nitrogen and oxygen atoms in total. The Balaban J connectivity index is 1.53. The van der Waals surface area contributed by atoms with Crippen LogP contribution in [0.3, 0.4) is 0 Å². The van der Waals surface area contributed by atoms with Gasteiger partial charge in [0, 0.05) is 25.7 Å². The van der Waals surface area contributed by atoms with Crippen molar-refractivity contribution >= 4 is 6.09 Å². The van der Waals surface area contributed by atoms with E-state index >= 15 is 0 Å². The van der Waals surface area contributed by atoms with Crippen molar-refractivity contribution in [2.45, 2.75) is 31.5 Å². The number of hydrogen-bond donors (Lipinski definition) is 1. The SMILES string of the molecule is CN(C(=O)OCc1ccccc1)[C@@H]1C[C@@H]2C[C@H]1CN2. The Morgan fingerprint density at radius 2 is 2.16 bits per heavy atom. The number of rotatable bonds is 3. The quantitative estimate of drug-likeness (QED) is 0.904. The number of piperidine rings is 1. The van der Waals surface area contributed by atoms with Crippen LogP contribution in [0.5, 0.6) is 0 Å². The normalized spacial score (nSPS) is 28.4. The maximum absolute atomic E-state index is 12.1. The Hall–Kier alpha value is -1.55. The molecule has 1 saturated heterocycles. The van der Waals surface area contributed by atoms with Crippen molar-refractivity contribution in [3.8, 4) is 0 Å². The lowest BCUT2D eigenvalue weighted by Crippen LogP contribution is -2.45. The van der Waals surface area contributed by atoms with Gasteiger partial charge in [0.25, 0.3) is 0 Å².